The lowest BCUT2D eigenvalue weighted by Crippen LogP contribution is -2.69. The molecule has 0 saturated carbocycles. The summed E-state index contributed by atoms with van der Waals surface area (Å²) in [7, 11) is -2.20. The first-order chi connectivity index (χ1) is 16.9. The SMILES string of the molecule is C[C@@H](O[Si](C)(C)C(C)(C)C)[C@H]1C(=O)N(CC(=O)OC(C)(C)C)[C@@H]1[C@@H](C)C(=O)On1nnc2ccccc21. The minimum atomic E-state index is -2.20. The molecule has 1 aromatic carbocycles. The number of rotatable bonds is 8. The Labute approximate surface area is 219 Å². The van der Waals surface area contributed by atoms with Crippen molar-refractivity contribution in [3.63, 3.8) is 0 Å². The van der Waals surface area contributed by atoms with Gasteiger partial charge in [0.05, 0.1) is 24.0 Å². The molecule has 1 aliphatic heterocycles. The van der Waals surface area contributed by atoms with Gasteiger partial charge in [-0.05, 0) is 70.1 Å². The van der Waals surface area contributed by atoms with Gasteiger partial charge in [-0.2, -0.15) is 0 Å². The molecule has 2 aromatic rings. The second-order valence-corrected chi connectivity index (χ2v) is 17.1. The fourth-order valence-electron chi connectivity index (χ4n) is 4.29. The smallest absolute Gasteiger partial charge is 0.339 e. The predicted octanol–water partition coefficient (Wildman–Crippen LogP) is 3.60. The minimum absolute atomic E-state index is 0.0571. The summed E-state index contributed by atoms with van der Waals surface area (Å²) in [6, 6.07) is 6.51. The zero-order valence-electron chi connectivity index (χ0n) is 23.6. The van der Waals surface area contributed by atoms with Crippen LogP contribution in [0, 0.1) is 11.8 Å². The number of aromatic nitrogens is 3. The maximum Gasteiger partial charge on any atom is 0.339 e. The van der Waals surface area contributed by atoms with Gasteiger partial charge >= 0.3 is 11.9 Å². The number of esters is 1. The van der Waals surface area contributed by atoms with Gasteiger partial charge in [0, 0.05) is 0 Å². The van der Waals surface area contributed by atoms with Gasteiger partial charge in [0.15, 0.2) is 8.32 Å². The molecule has 11 heteroatoms. The van der Waals surface area contributed by atoms with E-state index in [1.165, 1.54) is 4.90 Å². The number of ether oxygens (including phenoxy) is 1. The summed E-state index contributed by atoms with van der Waals surface area (Å²) >= 11 is 0. The standard InChI is InChI=1S/C26H40N4O6Si/c1-16(24(33)35-30-19-14-12-11-13-18(19)27-28-30)22-21(17(2)36-37(9,10)26(6,7)8)23(32)29(22)15-20(31)34-25(3,4)5/h11-14,16-17,21-22H,15H2,1-10H3/t16-,17-,21-,22-/m1/s1. The van der Waals surface area contributed by atoms with Gasteiger partial charge in [-0.15, -0.1) is 5.10 Å². The van der Waals surface area contributed by atoms with Gasteiger partial charge in [0.25, 0.3) is 0 Å². The van der Waals surface area contributed by atoms with Crippen molar-refractivity contribution in [2.45, 2.75) is 91.3 Å². The lowest BCUT2D eigenvalue weighted by molar-refractivity contribution is -0.182. The molecule has 3 rings (SSSR count). The highest BCUT2D eigenvalue weighted by atomic mass is 28.4. The van der Waals surface area contributed by atoms with Crippen LogP contribution in [0.3, 0.4) is 0 Å². The predicted molar refractivity (Wildman–Crippen MR) is 141 cm³/mol. The third-order valence-electron chi connectivity index (χ3n) is 7.19. The number of para-hydroxylation sites is 1. The van der Waals surface area contributed by atoms with Gasteiger partial charge < -0.3 is 18.9 Å². The van der Waals surface area contributed by atoms with Crippen molar-refractivity contribution in [1.29, 1.82) is 0 Å². The quantitative estimate of drug-likeness (QED) is 0.219. The molecular weight excluding hydrogens is 492 g/mol. The molecule has 0 radical (unpaired) electrons. The Morgan fingerprint density at radius 1 is 1.08 bits per heavy atom. The topological polar surface area (TPSA) is 113 Å². The number of carbonyl (C=O) groups excluding carboxylic acids is 3. The van der Waals surface area contributed by atoms with Crippen LogP contribution in [0.4, 0.5) is 0 Å². The number of hydrogen-bond acceptors (Lipinski definition) is 8. The Hall–Kier alpha value is -2.79. The van der Waals surface area contributed by atoms with Crippen LogP contribution in [0.2, 0.25) is 18.1 Å². The first kappa shape index (κ1) is 28.8. The van der Waals surface area contributed by atoms with E-state index in [2.05, 4.69) is 44.2 Å². The van der Waals surface area contributed by atoms with Crippen molar-refractivity contribution < 1.29 is 28.4 Å². The van der Waals surface area contributed by atoms with Gasteiger partial charge in [0.1, 0.15) is 23.2 Å². The van der Waals surface area contributed by atoms with E-state index in [9.17, 15) is 14.4 Å². The zero-order chi connectivity index (χ0) is 27.9. The van der Waals surface area contributed by atoms with Gasteiger partial charge in [-0.1, -0.05) is 37.7 Å². The Morgan fingerprint density at radius 2 is 1.70 bits per heavy atom. The van der Waals surface area contributed by atoms with Crippen LogP contribution >= 0.6 is 0 Å². The number of β-lactam (4-membered cyclic amide) rings is 1. The molecule has 1 fully saturated rings. The molecule has 204 valence electrons. The summed E-state index contributed by atoms with van der Waals surface area (Å²) in [5.41, 5.74) is 0.434. The van der Waals surface area contributed by atoms with E-state index in [0.29, 0.717) is 11.0 Å². The number of carbonyl (C=O) groups is 3. The summed E-state index contributed by atoms with van der Waals surface area (Å²) in [4.78, 5) is 47.3. The molecule has 10 nitrogen and oxygen atoms in total. The maximum atomic E-state index is 13.3. The van der Waals surface area contributed by atoms with E-state index >= 15 is 0 Å². The molecule has 0 spiro atoms. The molecule has 0 aliphatic carbocycles. The van der Waals surface area contributed by atoms with Crippen LogP contribution in [-0.2, 0) is 23.5 Å². The Morgan fingerprint density at radius 3 is 2.30 bits per heavy atom. The first-order valence-corrected chi connectivity index (χ1v) is 15.6. The van der Waals surface area contributed by atoms with E-state index in [-0.39, 0.29) is 17.5 Å². The molecule has 1 amide bonds. The molecule has 0 N–H and O–H groups in total. The zero-order valence-corrected chi connectivity index (χ0v) is 24.6. The third-order valence-corrected chi connectivity index (χ3v) is 11.8. The summed E-state index contributed by atoms with van der Waals surface area (Å²) in [5, 5.41) is 7.88. The second kappa shape index (κ2) is 10.2. The number of hydrogen-bond donors (Lipinski definition) is 0. The molecular formula is C26H40N4O6Si. The minimum Gasteiger partial charge on any atom is -0.459 e. The third kappa shape index (κ3) is 6.20. The summed E-state index contributed by atoms with van der Waals surface area (Å²) in [5.74, 6) is -2.74. The molecule has 2 heterocycles. The molecule has 37 heavy (non-hydrogen) atoms. The molecule has 0 bridgehead atoms. The molecule has 1 aliphatic rings. The van der Waals surface area contributed by atoms with Crippen LogP contribution < -0.4 is 4.84 Å². The van der Waals surface area contributed by atoms with Crippen molar-refractivity contribution in [1.82, 2.24) is 20.1 Å². The monoisotopic (exact) mass is 532 g/mol. The Bertz CT molecular complexity index is 1170. The molecule has 1 aromatic heterocycles. The Kier molecular flexibility index (Phi) is 7.91. The maximum absolute atomic E-state index is 13.3. The largest absolute Gasteiger partial charge is 0.459 e. The van der Waals surface area contributed by atoms with Crippen molar-refractivity contribution in [3.8, 4) is 0 Å². The number of fused-ring (bicyclic) bond motifs is 1. The number of nitrogens with zero attached hydrogens (tertiary/aromatic N) is 4. The second-order valence-electron chi connectivity index (χ2n) is 12.3. The number of amides is 1. The van der Waals surface area contributed by atoms with Crippen LogP contribution in [0.1, 0.15) is 55.4 Å². The van der Waals surface area contributed by atoms with Crippen LogP contribution in [0.5, 0.6) is 0 Å². The van der Waals surface area contributed by atoms with Crippen molar-refractivity contribution in [2.24, 2.45) is 11.8 Å². The summed E-state index contributed by atoms with van der Waals surface area (Å²) in [6.07, 6.45) is -0.448. The normalized spacial score (nSPS) is 20.4. The lowest BCUT2D eigenvalue weighted by Gasteiger charge is -2.52. The van der Waals surface area contributed by atoms with E-state index in [0.717, 1.165) is 4.85 Å². The lowest BCUT2D eigenvalue weighted by atomic mass is 9.76. The highest BCUT2D eigenvalue weighted by molar-refractivity contribution is 6.74. The highest BCUT2D eigenvalue weighted by Crippen LogP contribution is 2.42. The van der Waals surface area contributed by atoms with Crippen molar-refractivity contribution in [3.05, 3.63) is 24.3 Å². The fourth-order valence-corrected chi connectivity index (χ4v) is 5.72. The van der Waals surface area contributed by atoms with Crippen molar-refractivity contribution >= 4 is 37.2 Å². The van der Waals surface area contributed by atoms with Crippen LogP contribution in [0.25, 0.3) is 11.0 Å². The van der Waals surface area contributed by atoms with E-state index < -0.39 is 49.8 Å². The van der Waals surface area contributed by atoms with E-state index in [1.54, 1.807) is 45.9 Å². The van der Waals surface area contributed by atoms with Crippen molar-refractivity contribution in [2.75, 3.05) is 6.54 Å². The summed E-state index contributed by atoms with van der Waals surface area (Å²) in [6.45, 7) is 19.2. The van der Waals surface area contributed by atoms with E-state index in [1.807, 2.05) is 13.0 Å². The van der Waals surface area contributed by atoms with Crippen LogP contribution in [0.15, 0.2) is 24.3 Å². The molecule has 1 saturated heterocycles. The summed E-state index contributed by atoms with van der Waals surface area (Å²) < 4.78 is 12.0. The van der Waals surface area contributed by atoms with Gasteiger partial charge in [-0.25, -0.2) is 4.79 Å². The first-order valence-electron chi connectivity index (χ1n) is 12.7. The van der Waals surface area contributed by atoms with Gasteiger partial charge in [0.2, 0.25) is 5.91 Å². The fraction of sp³-hybridized carbons (Fsp3) is 0.654. The number of benzene rings is 1. The van der Waals surface area contributed by atoms with Crippen LogP contribution in [-0.4, -0.2) is 70.5 Å². The highest BCUT2D eigenvalue weighted by Gasteiger charge is 2.56. The van der Waals surface area contributed by atoms with E-state index in [4.69, 9.17) is 14.0 Å². The Balaban J connectivity index is 1.85. The number of likely N-dealkylation sites (tertiary alicyclic amines) is 1. The average molecular weight is 533 g/mol. The average Bonchev–Trinajstić information content (AvgIpc) is 3.15. The molecule has 0 unspecified atom stereocenters. The molecule has 4 atom stereocenters. The van der Waals surface area contributed by atoms with Gasteiger partial charge in [-0.3, -0.25) is 9.59 Å².